The minimum Gasteiger partial charge on any atom is -0.481 e. The summed E-state index contributed by atoms with van der Waals surface area (Å²) in [7, 11) is 0. The molecule has 0 amide bonds. The number of carbonyl (C=O) groups is 2. The molecule has 0 aromatic carbocycles. The highest BCUT2D eigenvalue weighted by atomic mass is 127. The third-order valence-corrected chi connectivity index (χ3v) is 7.23. The van der Waals surface area contributed by atoms with Crippen molar-refractivity contribution < 1.29 is 90.4 Å². The molecular weight excluding hydrogens is 828 g/mol. The number of aldehydes is 1. The first-order valence-electron chi connectivity index (χ1n) is 15.0. The average molecular weight is 871 g/mol. The topological polar surface area (TPSA) is 83.8 Å². The molecule has 49 heavy (non-hydrogen) atoms. The van der Waals surface area contributed by atoms with Crippen molar-refractivity contribution in [1.29, 1.82) is 0 Å². The van der Waals surface area contributed by atoms with Gasteiger partial charge in [-0.25, -0.2) is 0 Å². The Hall–Kier alpha value is -1.26. The molecule has 1 aliphatic heterocycles. The zero-order chi connectivity index (χ0) is 39.0. The average Bonchev–Trinajstić information content (AvgIpc) is 3.52. The van der Waals surface area contributed by atoms with Gasteiger partial charge in [0, 0.05) is 55.8 Å². The Kier molecular flexibility index (Phi) is 27.3. The molecule has 1 rings (SSSR count). The molecule has 0 aliphatic carbocycles. The first-order chi connectivity index (χ1) is 22.2. The van der Waals surface area contributed by atoms with Crippen LogP contribution in [-0.2, 0) is 14.3 Å². The van der Waals surface area contributed by atoms with Gasteiger partial charge in [0.25, 0.3) is 0 Å². The molecule has 1 fully saturated rings. The van der Waals surface area contributed by atoms with Crippen LogP contribution >= 0.6 is 22.6 Å². The standard InChI is InChI=1S/C8H10F5IO2.C8H13F5O.C8H11F5O.C4H8O/c9-7(10,8(11,12)13)4-5(14)2-1-3-6(15)16;2*9-7(10,8(11,12)13)5-3-1-2-4-6-14;1-2-4-5-3-1/h5H,1-4H2,(H,15,16);14H,1-6H2;6H,1-5H2;1-4H2. The fraction of sp³-hybridized carbons (Fsp3) is 0.929. The lowest BCUT2D eigenvalue weighted by atomic mass is 10.1. The number of halogens is 16. The van der Waals surface area contributed by atoms with Crippen LogP contribution in [0.15, 0.2) is 0 Å². The van der Waals surface area contributed by atoms with Crippen molar-refractivity contribution in [2.24, 2.45) is 0 Å². The minimum absolute atomic E-state index is 0.0263. The molecule has 0 radical (unpaired) electrons. The number of hydrogen-bond donors (Lipinski definition) is 2. The predicted octanol–water partition coefficient (Wildman–Crippen LogP) is 10.9. The van der Waals surface area contributed by atoms with Crippen LogP contribution in [0.4, 0.5) is 65.9 Å². The van der Waals surface area contributed by atoms with Crippen molar-refractivity contribution in [3.63, 3.8) is 0 Å². The van der Waals surface area contributed by atoms with E-state index in [2.05, 4.69) is 0 Å². The van der Waals surface area contributed by atoms with Crippen molar-refractivity contribution in [2.75, 3.05) is 19.8 Å². The van der Waals surface area contributed by atoms with E-state index < -0.39 is 65.5 Å². The van der Waals surface area contributed by atoms with Gasteiger partial charge in [-0.15, -0.1) is 0 Å². The predicted molar refractivity (Wildman–Crippen MR) is 156 cm³/mol. The molecule has 1 atom stereocenters. The quantitative estimate of drug-likeness (QED) is 0.0471. The van der Waals surface area contributed by atoms with Crippen molar-refractivity contribution in [2.45, 2.75) is 143 Å². The van der Waals surface area contributed by atoms with Gasteiger partial charge in [-0.1, -0.05) is 41.9 Å². The van der Waals surface area contributed by atoms with Crippen molar-refractivity contribution in [1.82, 2.24) is 0 Å². The fourth-order valence-electron chi connectivity index (χ4n) is 3.33. The summed E-state index contributed by atoms with van der Waals surface area (Å²) in [4.78, 5) is 19.9. The molecule has 1 heterocycles. The highest BCUT2D eigenvalue weighted by molar-refractivity contribution is 14.1. The lowest BCUT2D eigenvalue weighted by molar-refractivity contribution is -0.284. The molecule has 0 bridgehead atoms. The molecule has 5 nitrogen and oxygen atoms in total. The zero-order valence-electron chi connectivity index (χ0n) is 26.3. The highest BCUT2D eigenvalue weighted by Gasteiger charge is 2.58. The van der Waals surface area contributed by atoms with E-state index in [-0.39, 0.29) is 58.0 Å². The maximum Gasteiger partial charge on any atom is 0.453 e. The van der Waals surface area contributed by atoms with Gasteiger partial charge in [-0.3, -0.25) is 4.79 Å². The van der Waals surface area contributed by atoms with E-state index in [1.807, 2.05) is 0 Å². The number of unbranched alkanes of at least 4 members (excludes halogenated alkanes) is 6. The van der Waals surface area contributed by atoms with Crippen LogP contribution in [0.1, 0.15) is 103 Å². The van der Waals surface area contributed by atoms with E-state index in [4.69, 9.17) is 14.9 Å². The molecule has 296 valence electrons. The summed E-state index contributed by atoms with van der Waals surface area (Å²) >= 11 is 1.48. The molecule has 0 aromatic heterocycles. The number of aliphatic hydroxyl groups is 1. The highest BCUT2D eigenvalue weighted by Crippen LogP contribution is 2.41. The summed E-state index contributed by atoms with van der Waals surface area (Å²) in [6, 6.07) is 0. The second-order valence-corrected chi connectivity index (χ2v) is 12.4. The molecule has 21 heteroatoms. The third-order valence-electron chi connectivity index (χ3n) is 6.17. The maximum atomic E-state index is 12.5. The first kappa shape index (κ1) is 52.1. The molecule has 0 aromatic rings. The lowest BCUT2D eigenvalue weighted by Crippen LogP contribution is -2.38. The van der Waals surface area contributed by atoms with Crippen LogP contribution in [-0.4, -0.2) is 82.5 Å². The third kappa shape index (κ3) is 28.1. The number of rotatable bonds is 18. The van der Waals surface area contributed by atoms with Crippen LogP contribution in [0.3, 0.4) is 0 Å². The van der Waals surface area contributed by atoms with E-state index >= 15 is 0 Å². The van der Waals surface area contributed by atoms with Gasteiger partial charge in [0.05, 0.1) is 0 Å². The molecule has 2 N–H and O–H groups in total. The van der Waals surface area contributed by atoms with Crippen molar-refractivity contribution in [3.05, 3.63) is 0 Å². The van der Waals surface area contributed by atoms with Gasteiger partial charge in [-0.05, 0) is 51.4 Å². The second-order valence-electron chi connectivity index (χ2n) is 10.7. The summed E-state index contributed by atoms with van der Waals surface area (Å²) < 4.78 is 183. The van der Waals surface area contributed by atoms with E-state index in [0.717, 1.165) is 13.2 Å². The van der Waals surface area contributed by atoms with Gasteiger partial charge in [0.1, 0.15) is 6.29 Å². The number of alkyl halides is 16. The number of carbonyl (C=O) groups excluding carboxylic acids is 1. The fourth-order valence-corrected chi connectivity index (χ4v) is 4.32. The second kappa shape index (κ2) is 25.7. The number of carboxylic acid groups (broad SMARTS) is 1. The van der Waals surface area contributed by atoms with E-state index in [9.17, 15) is 75.4 Å². The maximum absolute atomic E-state index is 12.5. The van der Waals surface area contributed by atoms with Crippen LogP contribution in [0, 0.1) is 0 Å². The van der Waals surface area contributed by atoms with Crippen LogP contribution in [0.2, 0.25) is 0 Å². The first-order valence-corrected chi connectivity index (χ1v) is 16.2. The number of hydrogen-bond acceptors (Lipinski definition) is 4. The summed E-state index contributed by atoms with van der Waals surface area (Å²) in [5.74, 6) is -15.0. The normalized spacial score (nSPS) is 14.8. The molecule has 1 saturated heterocycles. The van der Waals surface area contributed by atoms with Gasteiger partial charge < -0.3 is 19.7 Å². The summed E-state index contributed by atoms with van der Waals surface area (Å²) in [6.45, 7) is 1.94. The zero-order valence-corrected chi connectivity index (χ0v) is 28.4. The Morgan fingerprint density at radius 2 is 1.06 bits per heavy atom. The monoisotopic (exact) mass is 870 g/mol. The Bertz CT molecular complexity index is 840. The Balaban J connectivity index is -0.000000603. The van der Waals surface area contributed by atoms with Crippen molar-refractivity contribution in [3.8, 4) is 0 Å². The minimum atomic E-state index is -5.54. The summed E-state index contributed by atoms with van der Waals surface area (Å²) in [5.41, 5.74) is 0. The van der Waals surface area contributed by atoms with E-state index in [1.54, 1.807) is 0 Å². The van der Waals surface area contributed by atoms with Gasteiger partial charge >= 0.3 is 42.3 Å². The number of ether oxygens (including phenoxy) is 1. The van der Waals surface area contributed by atoms with Gasteiger partial charge in [0.2, 0.25) is 0 Å². The summed E-state index contributed by atoms with van der Waals surface area (Å²) in [5, 5.41) is 16.6. The Labute approximate surface area is 287 Å². The molecule has 1 aliphatic rings. The SMILES string of the molecule is C1CCOC1.O=C(O)CCCC(I)CC(F)(F)C(F)(F)F.O=CCCCCCC(F)(F)C(F)(F)F.OCCCCCCC(F)(F)C(F)(F)F. The van der Waals surface area contributed by atoms with Crippen molar-refractivity contribution >= 4 is 34.8 Å². The molecule has 1 unspecified atom stereocenters. The molecular formula is C28H42F15IO5. The Morgan fingerprint density at radius 1 is 0.653 bits per heavy atom. The lowest BCUT2D eigenvalue weighted by Gasteiger charge is -2.21. The summed E-state index contributed by atoms with van der Waals surface area (Å²) in [6.07, 6.45) is -15.5. The van der Waals surface area contributed by atoms with Crippen LogP contribution in [0.25, 0.3) is 0 Å². The number of carboxylic acids is 1. The van der Waals surface area contributed by atoms with Gasteiger partial charge in [0.15, 0.2) is 0 Å². The Morgan fingerprint density at radius 3 is 1.39 bits per heavy atom. The largest absolute Gasteiger partial charge is 0.481 e. The van der Waals surface area contributed by atoms with E-state index in [0.29, 0.717) is 25.5 Å². The molecule has 0 saturated carbocycles. The molecule has 0 spiro atoms. The van der Waals surface area contributed by atoms with Gasteiger partial charge in [-0.2, -0.15) is 65.9 Å². The van der Waals surface area contributed by atoms with E-state index in [1.165, 1.54) is 35.4 Å². The number of aliphatic hydroxyl groups excluding tert-OH is 1. The van der Waals surface area contributed by atoms with Crippen LogP contribution in [0.5, 0.6) is 0 Å². The smallest absolute Gasteiger partial charge is 0.453 e. The van der Waals surface area contributed by atoms with Crippen LogP contribution < -0.4 is 0 Å². The number of aliphatic carboxylic acids is 1.